The van der Waals surface area contributed by atoms with Gasteiger partial charge in [0.15, 0.2) is 18.1 Å². The number of aromatic nitrogens is 2. The Balaban J connectivity index is 1.48. The van der Waals surface area contributed by atoms with Crippen molar-refractivity contribution in [1.82, 2.24) is 9.55 Å². The number of pyridine rings is 1. The van der Waals surface area contributed by atoms with Crippen molar-refractivity contribution in [3.63, 3.8) is 0 Å². The SMILES string of the molecule is Cc1ccc2oc(C3CCN(c4c(C#N)c(=O)n(C)c5ccc(OCC(C)(F)F)cc45)CC3)nc2c1. The van der Waals surface area contributed by atoms with Gasteiger partial charge in [-0.05, 0) is 55.7 Å². The molecule has 0 atom stereocenters. The van der Waals surface area contributed by atoms with Crippen molar-refractivity contribution in [2.24, 2.45) is 7.05 Å². The molecule has 1 saturated heterocycles. The Hall–Kier alpha value is -3.93. The maximum atomic E-state index is 13.4. The maximum absolute atomic E-state index is 13.4. The van der Waals surface area contributed by atoms with Crippen LogP contribution in [-0.4, -0.2) is 35.2 Å². The van der Waals surface area contributed by atoms with Gasteiger partial charge in [0.2, 0.25) is 0 Å². The minimum Gasteiger partial charge on any atom is -0.487 e. The molecule has 1 fully saturated rings. The van der Waals surface area contributed by atoms with E-state index < -0.39 is 18.1 Å². The second-order valence-corrected chi connectivity index (χ2v) is 9.52. The summed E-state index contributed by atoms with van der Waals surface area (Å²) in [4.78, 5) is 19.7. The first-order valence-corrected chi connectivity index (χ1v) is 11.8. The Labute approximate surface area is 206 Å². The van der Waals surface area contributed by atoms with Gasteiger partial charge in [0.1, 0.15) is 22.9 Å². The molecule has 2 aromatic heterocycles. The average Bonchev–Trinajstić information content (AvgIpc) is 3.27. The number of anilines is 1. The standard InChI is InChI=1S/C27H26F2N4O3/c1-16-4-7-23-21(12-16)31-25(36-23)17-8-10-33(11-9-17)24-19-13-18(35-15-27(2,28)29)5-6-22(19)32(3)26(34)20(24)14-30/h4-7,12-13,17H,8-11,15H2,1-3H3. The van der Waals surface area contributed by atoms with Gasteiger partial charge < -0.3 is 18.6 Å². The summed E-state index contributed by atoms with van der Waals surface area (Å²) in [5.41, 5.74) is 3.44. The smallest absolute Gasteiger partial charge is 0.278 e. The highest BCUT2D eigenvalue weighted by Crippen LogP contribution is 2.37. The van der Waals surface area contributed by atoms with Crippen molar-refractivity contribution in [1.29, 1.82) is 5.26 Å². The molecule has 0 saturated carbocycles. The molecule has 1 aliphatic rings. The van der Waals surface area contributed by atoms with Gasteiger partial charge in [-0.15, -0.1) is 0 Å². The Morgan fingerprint density at radius 1 is 1.22 bits per heavy atom. The van der Waals surface area contributed by atoms with Crippen LogP contribution in [0.1, 0.15) is 42.7 Å². The molecule has 186 valence electrons. The van der Waals surface area contributed by atoms with Gasteiger partial charge in [0.05, 0.1) is 11.2 Å². The number of hydrogen-bond acceptors (Lipinski definition) is 6. The highest BCUT2D eigenvalue weighted by molar-refractivity contribution is 5.96. The lowest BCUT2D eigenvalue weighted by Crippen LogP contribution is -2.35. The minimum absolute atomic E-state index is 0.0266. The second-order valence-electron chi connectivity index (χ2n) is 9.52. The molecule has 0 bridgehead atoms. The Bertz CT molecular complexity index is 1550. The van der Waals surface area contributed by atoms with Crippen LogP contribution in [0.25, 0.3) is 22.0 Å². The van der Waals surface area contributed by atoms with Crippen LogP contribution in [0.15, 0.2) is 45.6 Å². The van der Waals surface area contributed by atoms with Crippen LogP contribution in [0.3, 0.4) is 0 Å². The summed E-state index contributed by atoms with van der Waals surface area (Å²) in [6.07, 6.45) is 1.46. The number of benzene rings is 2. The summed E-state index contributed by atoms with van der Waals surface area (Å²) >= 11 is 0. The molecule has 1 aliphatic heterocycles. The molecule has 0 radical (unpaired) electrons. The molecule has 0 aliphatic carbocycles. The van der Waals surface area contributed by atoms with Gasteiger partial charge >= 0.3 is 0 Å². The van der Waals surface area contributed by atoms with Gasteiger partial charge in [0.25, 0.3) is 11.5 Å². The lowest BCUT2D eigenvalue weighted by Gasteiger charge is -2.33. The molecule has 7 nitrogen and oxygen atoms in total. The zero-order valence-electron chi connectivity index (χ0n) is 20.3. The molecular formula is C27H26F2N4O3. The van der Waals surface area contributed by atoms with Crippen LogP contribution in [0, 0.1) is 18.3 Å². The molecule has 2 aromatic carbocycles. The third-order valence-electron chi connectivity index (χ3n) is 6.66. The molecule has 0 N–H and O–H groups in total. The number of piperidine rings is 1. The quantitative estimate of drug-likeness (QED) is 0.377. The van der Waals surface area contributed by atoms with E-state index in [-0.39, 0.29) is 17.2 Å². The lowest BCUT2D eigenvalue weighted by atomic mass is 9.95. The van der Waals surface area contributed by atoms with Crippen LogP contribution >= 0.6 is 0 Å². The largest absolute Gasteiger partial charge is 0.487 e. The molecule has 9 heteroatoms. The molecule has 36 heavy (non-hydrogen) atoms. The third-order valence-corrected chi connectivity index (χ3v) is 6.66. The summed E-state index contributed by atoms with van der Waals surface area (Å²) in [5, 5.41) is 10.5. The zero-order chi connectivity index (χ0) is 25.6. The number of oxazole rings is 1. The van der Waals surface area contributed by atoms with E-state index >= 15 is 0 Å². The van der Waals surface area contributed by atoms with Crippen LogP contribution in [-0.2, 0) is 7.05 Å². The fourth-order valence-corrected chi connectivity index (χ4v) is 4.82. The van der Waals surface area contributed by atoms with E-state index in [0.29, 0.717) is 35.6 Å². The summed E-state index contributed by atoms with van der Waals surface area (Å²) in [6.45, 7) is 3.20. The topological polar surface area (TPSA) is 84.3 Å². The van der Waals surface area contributed by atoms with Gasteiger partial charge in [-0.3, -0.25) is 4.79 Å². The molecule has 3 heterocycles. The maximum Gasteiger partial charge on any atom is 0.278 e. The number of rotatable bonds is 5. The molecule has 0 unspecified atom stereocenters. The summed E-state index contributed by atoms with van der Waals surface area (Å²) in [6, 6.07) is 12.8. The number of halogens is 2. The summed E-state index contributed by atoms with van der Waals surface area (Å²) in [5.74, 6) is -1.92. The number of hydrogen-bond donors (Lipinski definition) is 0. The second kappa shape index (κ2) is 8.94. The Morgan fingerprint density at radius 3 is 2.67 bits per heavy atom. The lowest BCUT2D eigenvalue weighted by molar-refractivity contribution is -0.0229. The van der Waals surface area contributed by atoms with Crippen molar-refractivity contribution in [3.8, 4) is 11.8 Å². The van der Waals surface area contributed by atoms with Crippen LogP contribution in [0.5, 0.6) is 5.75 Å². The van der Waals surface area contributed by atoms with Crippen molar-refractivity contribution >= 4 is 27.7 Å². The normalized spacial score (nSPS) is 14.9. The number of nitrogens with zero attached hydrogens (tertiary/aromatic N) is 4. The number of nitriles is 1. The molecule has 0 spiro atoms. The summed E-state index contributed by atoms with van der Waals surface area (Å²) in [7, 11) is 1.59. The Morgan fingerprint density at radius 2 is 1.97 bits per heavy atom. The van der Waals surface area contributed by atoms with E-state index in [4.69, 9.17) is 9.15 Å². The minimum atomic E-state index is -2.98. The predicted molar refractivity (Wildman–Crippen MR) is 133 cm³/mol. The highest BCUT2D eigenvalue weighted by Gasteiger charge is 2.29. The fourth-order valence-electron chi connectivity index (χ4n) is 4.82. The first-order valence-electron chi connectivity index (χ1n) is 11.8. The van der Waals surface area contributed by atoms with Gasteiger partial charge in [-0.25, -0.2) is 13.8 Å². The van der Waals surface area contributed by atoms with Crippen molar-refractivity contribution in [2.45, 2.75) is 38.5 Å². The monoisotopic (exact) mass is 492 g/mol. The molecular weight excluding hydrogens is 466 g/mol. The van der Waals surface area contributed by atoms with Crippen LogP contribution in [0.4, 0.5) is 14.5 Å². The van der Waals surface area contributed by atoms with E-state index in [9.17, 15) is 18.8 Å². The summed E-state index contributed by atoms with van der Waals surface area (Å²) < 4.78 is 39.4. The highest BCUT2D eigenvalue weighted by atomic mass is 19.3. The van der Waals surface area contributed by atoms with Crippen LogP contribution < -0.4 is 15.2 Å². The van der Waals surface area contributed by atoms with Crippen LogP contribution in [0.2, 0.25) is 0 Å². The Kier molecular flexibility index (Phi) is 5.91. The number of fused-ring (bicyclic) bond motifs is 2. The molecule has 4 aromatic rings. The fraction of sp³-hybridized carbons (Fsp3) is 0.370. The van der Waals surface area contributed by atoms with Gasteiger partial charge in [-0.2, -0.15) is 5.26 Å². The van der Waals surface area contributed by atoms with E-state index in [1.54, 1.807) is 25.2 Å². The first kappa shape index (κ1) is 23.8. The van der Waals surface area contributed by atoms with Gasteiger partial charge in [0, 0.05) is 38.4 Å². The number of alkyl halides is 2. The van der Waals surface area contributed by atoms with Gasteiger partial charge in [-0.1, -0.05) is 6.07 Å². The van der Waals surface area contributed by atoms with Crippen molar-refractivity contribution in [2.75, 3.05) is 24.6 Å². The zero-order valence-corrected chi connectivity index (χ0v) is 20.3. The van der Waals surface area contributed by atoms with E-state index in [0.717, 1.165) is 36.4 Å². The number of aryl methyl sites for hydroxylation is 2. The third kappa shape index (κ3) is 4.39. The van der Waals surface area contributed by atoms with E-state index in [1.807, 2.05) is 30.0 Å². The average molecular weight is 493 g/mol. The predicted octanol–water partition coefficient (Wildman–Crippen LogP) is 5.28. The number of ether oxygens (including phenoxy) is 1. The first-order chi connectivity index (χ1) is 17.1. The van der Waals surface area contributed by atoms with Crippen molar-refractivity contribution in [3.05, 3.63) is 63.8 Å². The van der Waals surface area contributed by atoms with E-state index in [2.05, 4.69) is 11.1 Å². The van der Waals surface area contributed by atoms with E-state index in [1.165, 1.54) is 4.57 Å². The molecule has 5 rings (SSSR count). The van der Waals surface area contributed by atoms with Crippen molar-refractivity contribution < 1.29 is 17.9 Å². The molecule has 0 amide bonds.